The van der Waals surface area contributed by atoms with Gasteiger partial charge in [-0.1, -0.05) is 12.1 Å². The fourth-order valence-corrected chi connectivity index (χ4v) is 4.62. The van der Waals surface area contributed by atoms with E-state index in [0.717, 1.165) is 29.8 Å². The van der Waals surface area contributed by atoms with Crippen LogP contribution >= 0.6 is 35.3 Å². The molecule has 2 atom stereocenters. The lowest BCUT2D eigenvalue weighted by molar-refractivity contribution is 0.122. The highest BCUT2D eigenvalue weighted by Crippen LogP contribution is 2.35. The maximum absolute atomic E-state index is 5.31. The van der Waals surface area contributed by atoms with Crippen molar-refractivity contribution in [2.24, 2.45) is 10.9 Å². The van der Waals surface area contributed by atoms with Gasteiger partial charge in [-0.05, 0) is 57.0 Å². The van der Waals surface area contributed by atoms with Crippen molar-refractivity contribution in [2.75, 3.05) is 34.3 Å². The molecule has 2 aromatic rings. The van der Waals surface area contributed by atoms with Crippen LogP contribution in [0.25, 0.3) is 0 Å². The van der Waals surface area contributed by atoms with Crippen LogP contribution < -0.4 is 15.4 Å². The Balaban J connectivity index is 0.00000300. The Hall–Kier alpha value is -1.39. The van der Waals surface area contributed by atoms with Crippen LogP contribution in [0, 0.1) is 12.8 Å². The molecule has 1 fully saturated rings. The first-order chi connectivity index (χ1) is 13.6. The highest BCUT2D eigenvalue weighted by molar-refractivity contribution is 14.0. The van der Waals surface area contributed by atoms with Crippen molar-refractivity contribution in [1.29, 1.82) is 0 Å². The Morgan fingerprint density at radius 1 is 1.31 bits per heavy atom. The average molecular weight is 529 g/mol. The number of nitrogens with one attached hydrogen (secondary N) is 2. The predicted molar refractivity (Wildman–Crippen MR) is 132 cm³/mol. The number of rotatable bonds is 6. The maximum atomic E-state index is 5.31. The third-order valence-corrected chi connectivity index (χ3v) is 6.21. The topological polar surface area (TPSA) is 61.8 Å². The number of ether oxygens (including phenoxy) is 1. The molecule has 1 aromatic heterocycles. The molecule has 1 saturated heterocycles. The van der Waals surface area contributed by atoms with Crippen molar-refractivity contribution >= 4 is 41.3 Å². The molecule has 2 N–H and O–H groups in total. The first-order valence-electron chi connectivity index (χ1n) is 9.80. The second-order valence-corrected chi connectivity index (χ2v) is 8.59. The van der Waals surface area contributed by atoms with Gasteiger partial charge in [0.1, 0.15) is 10.8 Å². The number of halogens is 1. The molecule has 160 valence electrons. The molecule has 29 heavy (non-hydrogen) atoms. The van der Waals surface area contributed by atoms with E-state index in [1.54, 1.807) is 18.4 Å². The number of thiazole rings is 1. The Kier molecular flexibility index (Phi) is 9.64. The summed E-state index contributed by atoms with van der Waals surface area (Å²) in [5.41, 5.74) is 1.34. The number of nitrogens with zero attached hydrogens (tertiary/aromatic N) is 3. The van der Waals surface area contributed by atoms with Gasteiger partial charge in [0.2, 0.25) is 0 Å². The van der Waals surface area contributed by atoms with Gasteiger partial charge in [-0.3, -0.25) is 9.89 Å². The van der Waals surface area contributed by atoms with Crippen LogP contribution in [0.1, 0.15) is 34.3 Å². The number of guanidine groups is 1. The van der Waals surface area contributed by atoms with Gasteiger partial charge in [0, 0.05) is 30.7 Å². The van der Waals surface area contributed by atoms with E-state index in [1.165, 1.54) is 23.3 Å². The number of methoxy groups -OCH3 is 1. The van der Waals surface area contributed by atoms with Gasteiger partial charge in [0.15, 0.2) is 5.96 Å². The molecular weight excluding hydrogens is 497 g/mol. The van der Waals surface area contributed by atoms with Crippen LogP contribution in [-0.4, -0.2) is 50.1 Å². The summed E-state index contributed by atoms with van der Waals surface area (Å²) in [7, 11) is 5.75. The van der Waals surface area contributed by atoms with Crippen LogP contribution in [0.5, 0.6) is 5.75 Å². The Morgan fingerprint density at radius 2 is 2.07 bits per heavy atom. The van der Waals surface area contributed by atoms with Crippen molar-refractivity contribution < 1.29 is 4.74 Å². The monoisotopic (exact) mass is 529 g/mol. The van der Waals surface area contributed by atoms with E-state index in [-0.39, 0.29) is 24.0 Å². The fourth-order valence-electron chi connectivity index (χ4n) is 3.89. The fraction of sp³-hybridized carbons (Fsp3) is 0.524. The minimum Gasteiger partial charge on any atom is -0.497 e. The van der Waals surface area contributed by atoms with Gasteiger partial charge in [-0.25, -0.2) is 4.98 Å². The van der Waals surface area contributed by atoms with Gasteiger partial charge < -0.3 is 15.4 Å². The molecule has 8 heteroatoms. The van der Waals surface area contributed by atoms with Crippen molar-refractivity contribution in [1.82, 2.24) is 20.5 Å². The second kappa shape index (κ2) is 11.7. The molecule has 1 aliphatic heterocycles. The summed E-state index contributed by atoms with van der Waals surface area (Å²) in [4.78, 5) is 12.5. The maximum Gasteiger partial charge on any atom is 0.191 e. The van der Waals surface area contributed by atoms with Crippen molar-refractivity contribution in [3.05, 3.63) is 45.9 Å². The summed E-state index contributed by atoms with van der Waals surface area (Å²) >= 11 is 1.71. The van der Waals surface area contributed by atoms with E-state index >= 15 is 0 Å². The van der Waals surface area contributed by atoms with E-state index in [4.69, 9.17) is 4.74 Å². The lowest BCUT2D eigenvalue weighted by Gasteiger charge is -2.40. The van der Waals surface area contributed by atoms with E-state index in [1.807, 2.05) is 13.2 Å². The van der Waals surface area contributed by atoms with Crippen LogP contribution in [0.3, 0.4) is 0 Å². The number of aromatic nitrogens is 1. The largest absolute Gasteiger partial charge is 0.497 e. The molecule has 3 rings (SSSR count). The highest BCUT2D eigenvalue weighted by atomic mass is 127. The summed E-state index contributed by atoms with van der Waals surface area (Å²) < 4.78 is 5.31. The number of aliphatic imine (C=N–C) groups is 1. The Labute approximate surface area is 195 Å². The third kappa shape index (κ3) is 6.55. The van der Waals surface area contributed by atoms with Crippen LogP contribution in [0.4, 0.5) is 0 Å². The summed E-state index contributed by atoms with van der Waals surface area (Å²) in [6.07, 6.45) is 4.34. The van der Waals surface area contributed by atoms with Gasteiger partial charge in [-0.2, -0.15) is 0 Å². The molecule has 0 spiro atoms. The summed E-state index contributed by atoms with van der Waals surface area (Å²) in [6.45, 7) is 4.79. The molecule has 0 bridgehead atoms. The highest BCUT2D eigenvalue weighted by Gasteiger charge is 2.30. The van der Waals surface area contributed by atoms with Crippen LogP contribution in [0.2, 0.25) is 0 Å². The van der Waals surface area contributed by atoms with Crippen molar-refractivity contribution in [3.63, 3.8) is 0 Å². The number of piperidine rings is 1. The minimum absolute atomic E-state index is 0. The summed E-state index contributed by atoms with van der Waals surface area (Å²) in [5, 5.41) is 7.98. The molecule has 2 unspecified atom stereocenters. The normalized spacial score (nSPS) is 20.1. The molecule has 0 radical (unpaired) electrons. The zero-order valence-electron chi connectivity index (χ0n) is 17.6. The van der Waals surface area contributed by atoms with E-state index < -0.39 is 0 Å². The molecule has 1 aromatic carbocycles. The number of benzene rings is 1. The van der Waals surface area contributed by atoms with Gasteiger partial charge in [-0.15, -0.1) is 35.3 Å². The third-order valence-electron chi connectivity index (χ3n) is 5.30. The van der Waals surface area contributed by atoms with Gasteiger partial charge in [0.25, 0.3) is 0 Å². The zero-order chi connectivity index (χ0) is 19.9. The molecular formula is C21H32IN5OS. The number of aryl methyl sites for hydroxylation is 1. The Bertz CT molecular complexity index is 780. The molecule has 6 nitrogen and oxygen atoms in total. The van der Waals surface area contributed by atoms with E-state index in [2.05, 4.69) is 63.7 Å². The van der Waals surface area contributed by atoms with Gasteiger partial charge >= 0.3 is 0 Å². The molecule has 1 aliphatic rings. The van der Waals surface area contributed by atoms with E-state index in [9.17, 15) is 0 Å². The molecule has 0 amide bonds. The zero-order valence-corrected chi connectivity index (χ0v) is 20.8. The minimum atomic E-state index is 0. The van der Waals surface area contributed by atoms with Crippen LogP contribution in [-0.2, 0) is 6.54 Å². The summed E-state index contributed by atoms with van der Waals surface area (Å²) in [5.74, 6) is 2.25. The number of likely N-dealkylation sites (tertiary alicyclic amines) is 1. The summed E-state index contributed by atoms with van der Waals surface area (Å²) in [6, 6.07) is 8.89. The predicted octanol–water partition coefficient (Wildman–Crippen LogP) is 3.83. The molecule has 2 heterocycles. The van der Waals surface area contributed by atoms with Crippen LogP contribution in [0.15, 0.2) is 35.5 Å². The molecule has 0 saturated carbocycles. The average Bonchev–Trinajstić information content (AvgIpc) is 3.13. The number of hydrogen-bond acceptors (Lipinski definition) is 5. The quantitative estimate of drug-likeness (QED) is 0.339. The number of hydrogen-bond donors (Lipinski definition) is 2. The molecule has 0 aliphatic carbocycles. The second-order valence-electron chi connectivity index (χ2n) is 7.27. The lowest BCUT2D eigenvalue weighted by atomic mass is 9.85. The SMILES string of the molecule is CN=C(NCc1ncc(C)s1)NCC1CCCN(C)C1c1ccc(OC)cc1.I. The Morgan fingerprint density at radius 3 is 2.69 bits per heavy atom. The van der Waals surface area contributed by atoms with E-state index in [0.29, 0.717) is 18.5 Å². The lowest BCUT2D eigenvalue weighted by Crippen LogP contribution is -2.44. The van der Waals surface area contributed by atoms with Gasteiger partial charge in [0.05, 0.1) is 13.7 Å². The van der Waals surface area contributed by atoms with Crippen molar-refractivity contribution in [2.45, 2.75) is 32.4 Å². The standard InChI is InChI=1S/C21H31N5OS.HI/c1-15-12-23-19(28-15)14-25-21(22-2)24-13-17-6-5-11-26(3)20(17)16-7-9-18(27-4)10-8-16;/h7-10,12,17,20H,5-6,11,13-14H2,1-4H3,(H2,22,24,25);1H. The first kappa shape index (κ1) is 23.9. The smallest absolute Gasteiger partial charge is 0.191 e. The first-order valence-corrected chi connectivity index (χ1v) is 10.6. The van der Waals surface area contributed by atoms with Crippen molar-refractivity contribution in [3.8, 4) is 5.75 Å².